The Kier molecular flexibility index (Phi) is 2.73. The highest BCUT2D eigenvalue weighted by atomic mass is 16.5. The second kappa shape index (κ2) is 4.09. The maximum atomic E-state index is 11.7. The smallest absolute Gasteiger partial charge is 0.333 e. The number of carboxylic acid groups (broad SMARTS) is 1. The van der Waals surface area contributed by atoms with Crippen molar-refractivity contribution in [3.63, 3.8) is 0 Å². The molecule has 0 radical (unpaired) electrons. The molecular formula is C15H19O4-. The van der Waals surface area contributed by atoms with Crippen LogP contribution in [0, 0.1) is 23.2 Å². The van der Waals surface area contributed by atoms with E-state index < -0.39 is 11.4 Å². The van der Waals surface area contributed by atoms with Crippen molar-refractivity contribution in [3.8, 4) is 0 Å². The average molecular weight is 263 g/mol. The largest absolute Gasteiger partial charge is 0.550 e. The van der Waals surface area contributed by atoms with E-state index in [0.29, 0.717) is 24.3 Å². The first-order valence-electron chi connectivity index (χ1n) is 6.99. The van der Waals surface area contributed by atoms with Crippen LogP contribution in [-0.2, 0) is 14.3 Å². The van der Waals surface area contributed by atoms with E-state index >= 15 is 0 Å². The third kappa shape index (κ3) is 1.88. The Balaban J connectivity index is 1.80. The zero-order valence-electron chi connectivity index (χ0n) is 11.2. The maximum Gasteiger partial charge on any atom is 0.333 e. The fourth-order valence-electron chi connectivity index (χ4n) is 4.64. The van der Waals surface area contributed by atoms with Crippen LogP contribution in [0.5, 0.6) is 0 Å². The molecule has 0 heterocycles. The molecule has 2 atom stereocenters. The first-order chi connectivity index (χ1) is 8.91. The normalized spacial score (nSPS) is 43.0. The van der Waals surface area contributed by atoms with Gasteiger partial charge in [-0.05, 0) is 56.8 Å². The Hall–Kier alpha value is -1.32. The number of carboxylic acids is 1. The minimum absolute atomic E-state index is 0.117. The van der Waals surface area contributed by atoms with Gasteiger partial charge in [0.25, 0.3) is 0 Å². The third-order valence-corrected chi connectivity index (χ3v) is 5.21. The van der Waals surface area contributed by atoms with Gasteiger partial charge >= 0.3 is 5.97 Å². The summed E-state index contributed by atoms with van der Waals surface area (Å²) in [6, 6.07) is 0. The molecule has 4 aliphatic carbocycles. The maximum absolute atomic E-state index is 11.7. The van der Waals surface area contributed by atoms with Crippen LogP contribution < -0.4 is 5.11 Å². The van der Waals surface area contributed by atoms with Gasteiger partial charge in [-0.2, -0.15) is 0 Å². The fourth-order valence-corrected chi connectivity index (χ4v) is 4.64. The highest BCUT2D eigenvalue weighted by molar-refractivity contribution is 5.87. The van der Waals surface area contributed by atoms with Gasteiger partial charge < -0.3 is 14.6 Å². The van der Waals surface area contributed by atoms with Crippen molar-refractivity contribution >= 4 is 11.9 Å². The number of hydrogen-bond acceptors (Lipinski definition) is 4. The van der Waals surface area contributed by atoms with Crippen molar-refractivity contribution in [2.24, 2.45) is 23.2 Å². The first-order valence-corrected chi connectivity index (χ1v) is 6.99. The van der Waals surface area contributed by atoms with Gasteiger partial charge in [-0.15, -0.1) is 0 Å². The van der Waals surface area contributed by atoms with Crippen LogP contribution in [0.1, 0.15) is 39.0 Å². The number of rotatable bonds is 3. The molecule has 4 rings (SSSR count). The summed E-state index contributed by atoms with van der Waals surface area (Å²) in [7, 11) is 0. The zero-order chi connectivity index (χ0) is 13.8. The van der Waals surface area contributed by atoms with Gasteiger partial charge in [-0.25, -0.2) is 4.79 Å². The van der Waals surface area contributed by atoms with Crippen LogP contribution in [0.25, 0.3) is 0 Å². The Morgan fingerprint density at radius 2 is 1.79 bits per heavy atom. The predicted molar refractivity (Wildman–Crippen MR) is 65.7 cm³/mol. The van der Waals surface area contributed by atoms with Gasteiger partial charge in [-0.3, -0.25) is 0 Å². The van der Waals surface area contributed by atoms with Crippen LogP contribution in [0.15, 0.2) is 12.2 Å². The van der Waals surface area contributed by atoms with E-state index in [1.807, 2.05) is 0 Å². The molecule has 4 saturated carbocycles. The molecule has 4 nitrogen and oxygen atoms in total. The average Bonchev–Trinajstić information content (AvgIpc) is 2.32. The molecule has 0 spiro atoms. The van der Waals surface area contributed by atoms with Crippen LogP contribution >= 0.6 is 0 Å². The molecule has 4 aliphatic rings. The molecule has 2 unspecified atom stereocenters. The molecule has 4 heteroatoms. The summed E-state index contributed by atoms with van der Waals surface area (Å²) in [6.07, 6.45) is 3.82. The highest BCUT2D eigenvalue weighted by Gasteiger charge is 2.57. The van der Waals surface area contributed by atoms with E-state index in [4.69, 9.17) is 4.74 Å². The molecule has 104 valence electrons. The SMILES string of the molecule is C=C(C)C(=O)OC1C2CC3CC1CC(C(=O)[O-])(C3)C2. The van der Waals surface area contributed by atoms with Gasteiger partial charge in [0.2, 0.25) is 0 Å². The topological polar surface area (TPSA) is 66.4 Å². The second-order valence-electron chi connectivity index (χ2n) is 6.69. The van der Waals surface area contributed by atoms with Crippen LogP contribution in [0.2, 0.25) is 0 Å². The molecular weight excluding hydrogens is 244 g/mol. The minimum atomic E-state index is -0.906. The van der Waals surface area contributed by atoms with Gasteiger partial charge in [0, 0.05) is 17.0 Å². The van der Waals surface area contributed by atoms with E-state index in [1.54, 1.807) is 6.92 Å². The number of carbonyl (C=O) groups excluding carboxylic acids is 2. The van der Waals surface area contributed by atoms with E-state index in [-0.39, 0.29) is 23.9 Å². The van der Waals surface area contributed by atoms with E-state index in [1.165, 1.54) is 0 Å². The number of ether oxygens (including phenoxy) is 1. The Bertz CT molecular complexity index is 437. The molecule has 0 aromatic carbocycles. The van der Waals surface area contributed by atoms with Gasteiger partial charge in [0.05, 0.1) is 0 Å². The molecule has 4 fully saturated rings. The Labute approximate surface area is 112 Å². The van der Waals surface area contributed by atoms with E-state index in [0.717, 1.165) is 19.3 Å². The lowest BCUT2D eigenvalue weighted by atomic mass is 9.48. The van der Waals surface area contributed by atoms with Crippen LogP contribution in [0.4, 0.5) is 0 Å². The van der Waals surface area contributed by atoms with Gasteiger partial charge in [-0.1, -0.05) is 6.58 Å². The molecule has 0 aliphatic heterocycles. The van der Waals surface area contributed by atoms with Gasteiger partial charge in [0.1, 0.15) is 6.10 Å². The summed E-state index contributed by atoms with van der Waals surface area (Å²) < 4.78 is 5.56. The molecule has 0 aromatic heterocycles. The quantitative estimate of drug-likeness (QED) is 0.564. The lowest BCUT2D eigenvalue weighted by molar-refractivity contribution is -0.329. The summed E-state index contributed by atoms with van der Waals surface area (Å²) in [5.74, 6) is -0.411. The van der Waals surface area contributed by atoms with Crippen molar-refractivity contribution in [2.45, 2.75) is 45.1 Å². The fraction of sp³-hybridized carbons (Fsp3) is 0.733. The van der Waals surface area contributed by atoms with Crippen molar-refractivity contribution in [2.75, 3.05) is 0 Å². The number of carbonyl (C=O) groups is 2. The highest BCUT2D eigenvalue weighted by Crippen LogP contribution is 2.60. The summed E-state index contributed by atoms with van der Waals surface area (Å²) in [6.45, 7) is 5.24. The summed E-state index contributed by atoms with van der Waals surface area (Å²) in [5.41, 5.74) is -0.244. The number of hydrogen-bond donors (Lipinski definition) is 0. The monoisotopic (exact) mass is 263 g/mol. The molecule has 4 bridgehead atoms. The first kappa shape index (κ1) is 12.7. The standard InChI is InChI=1S/C15H20O4/c1-8(2)13(16)19-12-10-3-9-4-11(12)7-15(5-9,6-10)14(17)18/h9-12H,1,3-7H2,2H3,(H,17,18)/p-1. The minimum Gasteiger partial charge on any atom is -0.550 e. The Morgan fingerprint density at radius 1 is 1.21 bits per heavy atom. The summed E-state index contributed by atoms with van der Waals surface area (Å²) in [5, 5.41) is 11.5. The molecule has 0 amide bonds. The summed E-state index contributed by atoms with van der Waals surface area (Å²) in [4.78, 5) is 23.2. The van der Waals surface area contributed by atoms with Crippen molar-refractivity contribution in [1.82, 2.24) is 0 Å². The number of aliphatic carboxylic acids is 1. The predicted octanol–water partition coefficient (Wildman–Crippen LogP) is 1.05. The molecule has 0 N–H and O–H groups in total. The Morgan fingerprint density at radius 3 is 2.26 bits per heavy atom. The molecule has 0 aromatic rings. The van der Waals surface area contributed by atoms with Crippen molar-refractivity contribution in [1.29, 1.82) is 0 Å². The lowest BCUT2D eigenvalue weighted by Gasteiger charge is -2.59. The van der Waals surface area contributed by atoms with E-state index in [2.05, 4.69) is 6.58 Å². The van der Waals surface area contributed by atoms with Crippen LogP contribution in [-0.4, -0.2) is 18.0 Å². The van der Waals surface area contributed by atoms with Gasteiger partial charge in [0.15, 0.2) is 0 Å². The summed E-state index contributed by atoms with van der Waals surface area (Å²) >= 11 is 0. The van der Waals surface area contributed by atoms with Crippen LogP contribution in [0.3, 0.4) is 0 Å². The lowest BCUT2D eigenvalue weighted by Crippen LogP contribution is -2.60. The third-order valence-electron chi connectivity index (χ3n) is 5.21. The molecule has 0 saturated heterocycles. The van der Waals surface area contributed by atoms with Crippen molar-refractivity contribution < 1.29 is 19.4 Å². The van der Waals surface area contributed by atoms with E-state index in [9.17, 15) is 14.7 Å². The zero-order valence-corrected chi connectivity index (χ0v) is 11.2. The number of esters is 1. The second-order valence-corrected chi connectivity index (χ2v) is 6.69. The molecule has 19 heavy (non-hydrogen) atoms. The van der Waals surface area contributed by atoms with Crippen molar-refractivity contribution in [3.05, 3.63) is 12.2 Å².